The second-order valence-corrected chi connectivity index (χ2v) is 4.38. The Bertz CT molecular complexity index is 258. The maximum absolute atomic E-state index is 5.69. The molecule has 0 saturated heterocycles. The lowest BCUT2D eigenvalue weighted by molar-refractivity contribution is 0.196. The Morgan fingerprint density at radius 2 is 1.77 bits per heavy atom. The van der Waals surface area contributed by atoms with E-state index in [0.717, 1.165) is 5.75 Å². The maximum atomic E-state index is 5.69. The van der Waals surface area contributed by atoms with E-state index in [-0.39, 0.29) is 12.1 Å². The van der Waals surface area contributed by atoms with Crippen LogP contribution in [0.3, 0.4) is 0 Å². The molecular formula is C10H14INO. The largest absolute Gasteiger partial charge is 0.489 e. The highest BCUT2D eigenvalue weighted by Gasteiger charge is 2.08. The first-order valence-corrected chi connectivity index (χ1v) is 5.35. The van der Waals surface area contributed by atoms with Crippen LogP contribution >= 0.6 is 22.6 Å². The van der Waals surface area contributed by atoms with Gasteiger partial charge >= 0.3 is 0 Å². The van der Waals surface area contributed by atoms with Crippen LogP contribution in [0.15, 0.2) is 24.3 Å². The lowest BCUT2D eigenvalue weighted by Gasteiger charge is -2.17. The van der Waals surface area contributed by atoms with Crippen LogP contribution in [0.1, 0.15) is 13.8 Å². The van der Waals surface area contributed by atoms with Gasteiger partial charge in [-0.1, -0.05) is 0 Å². The van der Waals surface area contributed by atoms with Crippen molar-refractivity contribution in [1.82, 2.24) is 0 Å². The third-order valence-electron chi connectivity index (χ3n) is 1.88. The van der Waals surface area contributed by atoms with Gasteiger partial charge in [0.1, 0.15) is 11.9 Å². The van der Waals surface area contributed by atoms with Crippen molar-refractivity contribution < 1.29 is 4.74 Å². The molecule has 0 radical (unpaired) electrons. The lowest BCUT2D eigenvalue weighted by Crippen LogP contribution is -2.33. The summed E-state index contributed by atoms with van der Waals surface area (Å²) in [4.78, 5) is 0. The van der Waals surface area contributed by atoms with Crippen molar-refractivity contribution in [2.24, 2.45) is 5.73 Å². The average Bonchev–Trinajstić information content (AvgIpc) is 2.08. The van der Waals surface area contributed by atoms with Gasteiger partial charge in [-0.05, 0) is 60.7 Å². The molecule has 2 atom stereocenters. The molecule has 13 heavy (non-hydrogen) atoms. The van der Waals surface area contributed by atoms with Gasteiger partial charge in [0.15, 0.2) is 0 Å². The molecule has 0 heterocycles. The highest BCUT2D eigenvalue weighted by Crippen LogP contribution is 2.15. The monoisotopic (exact) mass is 291 g/mol. The first-order chi connectivity index (χ1) is 6.09. The molecule has 1 rings (SSSR count). The molecule has 0 amide bonds. The Balaban J connectivity index is 2.59. The Morgan fingerprint density at radius 3 is 2.23 bits per heavy atom. The third-order valence-corrected chi connectivity index (χ3v) is 2.60. The first kappa shape index (κ1) is 10.8. The summed E-state index contributed by atoms with van der Waals surface area (Å²) in [6.07, 6.45) is 0.0556. The molecule has 0 saturated carbocycles. The van der Waals surface area contributed by atoms with Crippen LogP contribution in [-0.4, -0.2) is 12.1 Å². The van der Waals surface area contributed by atoms with E-state index in [1.54, 1.807) is 0 Å². The second kappa shape index (κ2) is 4.81. The van der Waals surface area contributed by atoms with E-state index in [1.807, 2.05) is 38.1 Å². The van der Waals surface area contributed by atoms with Crippen LogP contribution in [0.2, 0.25) is 0 Å². The molecule has 0 aromatic heterocycles. The van der Waals surface area contributed by atoms with Gasteiger partial charge in [0.25, 0.3) is 0 Å². The van der Waals surface area contributed by atoms with Crippen LogP contribution in [0, 0.1) is 3.57 Å². The fourth-order valence-electron chi connectivity index (χ4n) is 0.835. The van der Waals surface area contributed by atoms with Gasteiger partial charge in [0.2, 0.25) is 0 Å². The van der Waals surface area contributed by atoms with Gasteiger partial charge in [-0.2, -0.15) is 0 Å². The predicted octanol–water partition coefficient (Wildman–Crippen LogP) is 2.41. The fourth-order valence-corrected chi connectivity index (χ4v) is 1.19. The van der Waals surface area contributed by atoms with Crippen molar-refractivity contribution in [2.75, 3.05) is 0 Å². The Kier molecular flexibility index (Phi) is 3.99. The first-order valence-electron chi connectivity index (χ1n) is 4.27. The zero-order chi connectivity index (χ0) is 9.84. The van der Waals surface area contributed by atoms with Gasteiger partial charge in [0, 0.05) is 9.61 Å². The smallest absolute Gasteiger partial charge is 0.119 e. The van der Waals surface area contributed by atoms with Gasteiger partial charge in [-0.3, -0.25) is 0 Å². The molecule has 3 heteroatoms. The molecule has 0 aliphatic rings. The van der Waals surface area contributed by atoms with Gasteiger partial charge in [-0.25, -0.2) is 0 Å². The zero-order valence-electron chi connectivity index (χ0n) is 7.83. The van der Waals surface area contributed by atoms with Crippen molar-refractivity contribution in [3.63, 3.8) is 0 Å². The molecule has 72 valence electrons. The summed E-state index contributed by atoms with van der Waals surface area (Å²) in [5.74, 6) is 0.880. The van der Waals surface area contributed by atoms with Crippen LogP contribution in [0.5, 0.6) is 5.75 Å². The minimum atomic E-state index is 0.0549. The summed E-state index contributed by atoms with van der Waals surface area (Å²) in [6, 6.07) is 8.01. The summed E-state index contributed by atoms with van der Waals surface area (Å²) in [6.45, 7) is 3.92. The van der Waals surface area contributed by atoms with Crippen LogP contribution in [-0.2, 0) is 0 Å². The summed E-state index contributed by atoms with van der Waals surface area (Å²) >= 11 is 2.26. The summed E-state index contributed by atoms with van der Waals surface area (Å²) in [7, 11) is 0. The SMILES string of the molecule is CC(N)C(C)Oc1ccc(I)cc1. The predicted molar refractivity (Wildman–Crippen MR) is 62.9 cm³/mol. The van der Waals surface area contributed by atoms with Gasteiger partial charge < -0.3 is 10.5 Å². The molecule has 2 nitrogen and oxygen atoms in total. The number of nitrogens with two attached hydrogens (primary N) is 1. The van der Waals surface area contributed by atoms with Gasteiger partial charge in [0.05, 0.1) is 0 Å². The Hall–Kier alpha value is -0.290. The van der Waals surface area contributed by atoms with Crippen molar-refractivity contribution in [3.05, 3.63) is 27.8 Å². The van der Waals surface area contributed by atoms with E-state index in [2.05, 4.69) is 22.6 Å². The molecule has 0 fully saturated rings. The van der Waals surface area contributed by atoms with Crippen molar-refractivity contribution in [3.8, 4) is 5.75 Å². The quantitative estimate of drug-likeness (QED) is 0.868. The van der Waals surface area contributed by atoms with E-state index < -0.39 is 0 Å². The molecular weight excluding hydrogens is 277 g/mol. The zero-order valence-corrected chi connectivity index (χ0v) is 9.99. The molecule has 2 unspecified atom stereocenters. The maximum Gasteiger partial charge on any atom is 0.119 e. The normalized spacial score (nSPS) is 15.1. The number of benzene rings is 1. The molecule has 1 aromatic rings. The molecule has 0 spiro atoms. The number of hydrogen-bond donors (Lipinski definition) is 1. The Labute approximate surface area is 92.6 Å². The fraction of sp³-hybridized carbons (Fsp3) is 0.400. The molecule has 2 N–H and O–H groups in total. The summed E-state index contributed by atoms with van der Waals surface area (Å²) in [5.41, 5.74) is 5.69. The van der Waals surface area contributed by atoms with E-state index in [0.29, 0.717) is 0 Å². The molecule has 0 aliphatic heterocycles. The number of hydrogen-bond acceptors (Lipinski definition) is 2. The molecule has 0 aliphatic carbocycles. The van der Waals surface area contributed by atoms with E-state index in [9.17, 15) is 0 Å². The average molecular weight is 291 g/mol. The second-order valence-electron chi connectivity index (χ2n) is 3.14. The standard InChI is InChI=1S/C10H14INO/c1-7(12)8(2)13-10-5-3-9(11)4-6-10/h3-8H,12H2,1-2H3. The summed E-state index contributed by atoms with van der Waals surface area (Å²) < 4.78 is 6.81. The van der Waals surface area contributed by atoms with E-state index >= 15 is 0 Å². The summed E-state index contributed by atoms with van der Waals surface area (Å²) in [5, 5.41) is 0. The van der Waals surface area contributed by atoms with E-state index in [1.165, 1.54) is 3.57 Å². The van der Waals surface area contributed by atoms with Crippen molar-refractivity contribution >= 4 is 22.6 Å². The van der Waals surface area contributed by atoms with E-state index in [4.69, 9.17) is 10.5 Å². The number of ether oxygens (including phenoxy) is 1. The highest BCUT2D eigenvalue weighted by atomic mass is 127. The minimum absolute atomic E-state index is 0.0549. The van der Waals surface area contributed by atoms with Crippen molar-refractivity contribution in [1.29, 1.82) is 0 Å². The van der Waals surface area contributed by atoms with Crippen LogP contribution in [0.25, 0.3) is 0 Å². The number of rotatable bonds is 3. The number of halogens is 1. The minimum Gasteiger partial charge on any atom is -0.489 e. The molecule has 0 bridgehead atoms. The molecule has 1 aromatic carbocycles. The highest BCUT2D eigenvalue weighted by molar-refractivity contribution is 14.1. The van der Waals surface area contributed by atoms with Gasteiger partial charge in [-0.15, -0.1) is 0 Å². The lowest BCUT2D eigenvalue weighted by atomic mass is 10.2. The topological polar surface area (TPSA) is 35.2 Å². The van der Waals surface area contributed by atoms with Crippen LogP contribution in [0.4, 0.5) is 0 Å². The third kappa shape index (κ3) is 3.52. The van der Waals surface area contributed by atoms with Crippen LogP contribution < -0.4 is 10.5 Å². The van der Waals surface area contributed by atoms with Crippen molar-refractivity contribution in [2.45, 2.75) is 26.0 Å². The Morgan fingerprint density at radius 1 is 1.23 bits per heavy atom.